The predicted octanol–water partition coefficient (Wildman–Crippen LogP) is 2.37. The summed E-state index contributed by atoms with van der Waals surface area (Å²) >= 11 is 0. The van der Waals surface area contributed by atoms with Gasteiger partial charge in [-0.1, -0.05) is 13.8 Å². The van der Waals surface area contributed by atoms with Gasteiger partial charge in [0, 0.05) is 0 Å². The molecule has 2 N–H and O–H groups in total. The number of hydrogen-bond donors (Lipinski definition) is 1. The number of carbonyl (C=O) groups excluding carboxylic acids is 1. The van der Waals surface area contributed by atoms with Crippen LogP contribution in [0, 0.1) is 18.7 Å². The predicted molar refractivity (Wildman–Crippen MR) is 76.8 cm³/mol. The highest BCUT2D eigenvalue weighted by Gasteiger charge is 2.22. The largest absolute Gasteiger partial charge is 0.459 e. The van der Waals surface area contributed by atoms with E-state index in [0.717, 1.165) is 12.1 Å². The zero-order valence-corrected chi connectivity index (χ0v) is 13.3. The van der Waals surface area contributed by atoms with E-state index < -0.39 is 26.7 Å². The minimum absolute atomic E-state index is 0.0839. The van der Waals surface area contributed by atoms with Crippen molar-refractivity contribution in [3.63, 3.8) is 0 Å². The van der Waals surface area contributed by atoms with Crippen LogP contribution in [0.2, 0.25) is 0 Å². The zero-order valence-electron chi connectivity index (χ0n) is 12.5. The van der Waals surface area contributed by atoms with Crippen molar-refractivity contribution in [2.75, 3.05) is 0 Å². The van der Waals surface area contributed by atoms with E-state index >= 15 is 0 Å². The molecule has 118 valence electrons. The van der Waals surface area contributed by atoms with Gasteiger partial charge in [0.05, 0.1) is 16.6 Å². The van der Waals surface area contributed by atoms with Crippen LogP contribution in [0.1, 0.15) is 43.1 Å². The fraction of sp³-hybridized carbons (Fsp3) is 0.500. The first-order valence-electron chi connectivity index (χ1n) is 6.56. The standard InChI is InChI=1S/C14H20FNO4S/c1-8(2)5-9(3)20-14(17)12-6-11(15)7-13(10(12)4)21(16,18)19/h6-9H,5H2,1-4H3,(H2,16,18,19). The minimum atomic E-state index is -4.11. The van der Waals surface area contributed by atoms with E-state index in [-0.39, 0.29) is 17.2 Å². The molecule has 0 saturated carbocycles. The lowest BCUT2D eigenvalue weighted by Gasteiger charge is -2.16. The molecule has 0 radical (unpaired) electrons. The first kappa shape index (κ1) is 17.6. The normalized spacial score (nSPS) is 13.3. The molecule has 21 heavy (non-hydrogen) atoms. The van der Waals surface area contributed by atoms with Gasteiger partial charge in [-0.2, -0.15) is 0 Å². The Morgan fingerprint density at radius 3 is 2.38 bits per heavy atom. The topological polar surface area (TPSA) is 86.5 Å². The van der Waals surface area contributed by atoms with Gasteiger partial charge in [0.1, 0.15) is 5.82 Å². The molecule has 7 heteroatoms. The van der Waals surface area contributed by atoms with E-state index in [4.69, 9.17) is 9.88 Å². The Balaban J connectivity index is 3.14. The molecule has 1 unspecified atom stereocenters. The van der Waals surface area contributed by atoms with Crippen molar-refractivity contribution in [1.82, 2.24) is 0 Å². The van der Waals surface area contributed by atoms with E-state index in [0.29, 0.717) is 12.3 Å². The Labute approximate surface area is 124 Å². The van der Waals surface area contributed by atoms with Crippen molar-refractivity contribution in [2.24, 2.45) is 11.1 Å². The second-order valence-corrected chi connectivity index (χ2v) is 7.00. The molecule has 1 rings (SSSR count). The molecule has 0 aromatic heterocycles. The third-order valence-electron chi connectivity index (χ3n) is 2.96. The average Bonchev–Trinajstić information content (AvgIpc) is 2.28. The molecular formula is C14H20FNO4S. The molecule has 1 atom stereocenters. The van der Waals surface area contributed by atoms with Crippen LogP contribution >= 0.6 is 0 Å². The highest BCUT2D eigenvalue weighted by molar-refractivity contribution is 7.89. The average molecular weight is 317 g/mol. The van der Waals surface area contributed by atoms with Gasteiger partial charge in [0.15, 0.2) is 0 Å². The number of esters is 1. The SMILES string of the molecule is Cc1c(C(=O)OC(C)CC(C)C)cc(F)cc1S(N)(=O)=O. The number of ether oxygens (including phenoxy) is 1. The summed E-state index contributed by atoms with van der Waals surface area (Å²) in [5.41, 5.74) is -0.0460. The van der Waals surface area contributed by atoms with E-state index in [1.807, 2.05) is 13.8 Å². The van der Waals surface area contributed by atoms with Crippen molar-refractivity contribution in [1.29, 1.82) is 0 Å². The molecule has 0 aliphatic rings. The summed E-state index contributed by atoms with van der Waals surface area (Å²) in [7, 11) is -4.11. The van der Waals surface area contributed by atoms with Gasteiger partial charge in [-0.25, -0.2) is 22.7 Å². The summed E-state index contributed by atoms with van der Waals surface area (Å²) in [5, 5.41) is 5.02. The number of hydrogen-bond acceptors (Lipinski definition) is 4. The molecule has 1 aromatic rings. The van der Waals surface area contributed by atoms with Crippen LogP contribution in [-0.4, -0.2) is 20.5 Å². The van der Waals surface area contributed by atoms with Gasteiger partial charge >= 0.3 is 5.97 Å². The van der Waals surface area contributed by atoms with Crippen molar-refractivity contribution in [3.05, 3.63) is 29.1 Å². The summed E-state index contributed by atoms with van der Waals surface area (Å²) < 4.78 is 41.5. The van der Waals surface area contributed by atoms with Crippen LogP contribution in [0.5, 0.6) is 0 Å². The number of carbonyl (C=O) groups is 1. The summed E-state index contributed by atoms with van der Waals surface area (Å²) in [5.74, 6) is -1.28. The van der Waals surface area contributed by atoms with Crippen LogP contribution in [0.4, 0.5) is 4.39 Å². The highest BCUT2D eigenvalue weighted by Crippen LogP contribution is 2.22. The maximum absolute atomic E-state index is 13.5. The molecule has 1 aromatic carbocycles. The smallest absolute Gasteiger partial charge is 0.338 e. The summed E-state index contributed by atoms with van der Waals surface area (Å²) in [6.45, 7) is 7.09. The summed E-state index contributed by atoms with van der Waals surface area (Å²) in [6.07, 6.45) is 0.306. The Morgan fingerprint density at radius 2 is 1.90 bits per heavy atom. The maximum atomic E-state index is 13.5. The number of primary sulfonamides is 1. The van der Waals surface area contributed by atoms with Crippen molar-refractivity contribution in [2.45, 2.75) is 45.1 Å². The number of rotatable bonds is 5. The van der Waals surface area contributed by atoms with Crippen LogP contribution in [-0.2, 0) is 14.8 Å². The molecule has 0 aliphatic carbocycles. The number of sulfonamides is 1. The highest BCUT2D eigenvalue weighted by atomic mass is 32.2. The Morgan fingerprint density at radius 1 is 1.33 bits per heavy atom. The number of nitrogens with two attached hydrogens (primary N) is 1. The van der Waals surface area contributed by atoms with Gasteiger partial charge in [0.25, 0.3) is 0 Å². The molecule has 0 heterocycles. The van der Waals surface area contributed by atoms with Gasteiger partial charge in [-0.05, 0) is 43.9 Å². The first-order chi connectivity index (χ1) is 9.52. The Hall–Kier alpha value is -1.47. The lowest BCUT2D eigenvalue weighted by molar-refractivity contribution is 0.0298. The van der Waals surface area contributed by atoms with Gasteiger partial charge in [-0.3, -0.25) is 0 Å². The van der Waals surface area contributed by atoms with Crippen molar-refractivity contribution >= 4 is 16.0 Å². The van der Waals surface area contributed by atoms with E-state index in [1.165, 1.54) is 6.92 Å². The van der Waals surface area contributed by atoms with E-state index in [2.05, 4.69) is 0 Å². The fourth-order valence-electron chi connectivity index (χ4n) is 2.12. The third kappa shape index (κ3) is 4.78. The van der Waals surface area contributed by atoms with Gasteiger partial charge < -0.3 is 4.74 Å². The fourth-order valence-corrected chi connectivity index (χ4v) is 2.93. The van der Waals surface area contributed by atoms with Gasteiger partial charge in [-0.15, -0.1) is 0 Å². The van der Waals surface area contributed by atoms with Crippen LogP contribution in [0.25, 0.3) is 0 Å². The maximum Gasteiger partial charge on any atom is 0.338 e. The molecule has 0 fully saturated rings. The molecule has 0 bridgehead atoms. The lowest BCUT2D eigenvalue weighted by atomic mass is 10.1. The van der Waals surface area contributed by atoms with Crippen LogP contribution in [0.3, 0.4) is 0 Å². The quantitative estimate of drug-likeness (QED) is 0.845. The number of benzene rings is 1. The molecule has 0 aliphatic heterocycles. The minimum Gasteiger partial charge on any atom is -0.459 e. The Kier molecular flexibility index (Phi) is 5.47. The van der Waals surface area contributed by atoms with Gasteiger partial charge in [0.2, 0.25) is 10.0 Å². The van der Waals surface area contributed by atoms with Crippen molar-refractivity contribution in [3.8, 4) is 0 Å². The second-order valence-electron chi connectivity index (χ2n) is 5.47. The molecule has 0 saturated heterocycles. The van der Waals surface area contributed by atoms with Crippen LogP contribution in [0.15, 0.2) is 17.0 Å². The lowest BCUT2D eigenvalue weighted by Crippen LogP contribution is -2.20. The molecule has 0 spiro atoms. The van der Waals surface area contributed by atoms with Crippen LogP contribution < -0.4 is 5.14 Å². The second kappa shape index (κ2) is 6.53. The third-order valence-corrected chi connectivity index (χ3v) is 4.00. The molecular weight excluding hydrogens is 297 g/mol. The van der Waals surface area contributed by atoms with E-state index in [1.54, 1.807) is 6.92 Å². The molecule has 0 amide bonds. The molecule has 5 nitrogen and oxygen atoms in total. The van der Waals surface area contributed by atoms with E-state index in [9.17, 15) is 17.6 Å². The number of halogens is 1. The Bertz CT molecular complexity index is 641. The first-order valence-corrected chi connectivity index (χ1v) is 8.11. The summed E-state index contributed by atoms with van der Waals surface area (Å²) in [6, 6.07) is 1.74. The van der Waals surface area contributed by atoms with Crippen molar-refractivity contribution < 1.29 is 22.3 Å². The monoisotopic (exact) mass is 317 g/mol. The summed E-state index contributed by atoms with van der Waals surface area (Å²) in [4.78, 5) is 11.7. The zero-order chi connectivity index (χ0) is 16.4.